The third kappa shape index (κ3) is 5.03. The van der Waals surface area contributed by atoms with E-state index in [-0.39, 0.29) is 49.4 Å². The van der Waals surface area contributed by atoms with E-state index in [1.54, 1.807) is 0 Å². The molecule has 1 aromatic heterocycles. The molecule has 0 bridgehead atoms. The number of primary amides is 1. The predicted octanol–water partition coefficient (Wildman–Crippen LogP) is 1.65. The maximum Gasteiger partial charge on any atom is 0.449 e. The number of carbonyl (C=O) groups is 2. The zero-order valence-electron chi connectivity index (χ0n) is 16.6. The van der Waals surface area contributed by atoms with Crippen molar-refractivity contribution in [3.05, 3.63) is 52.4 Å². The summed E-state index contributed by atoms with van der Waals surface area (Å²) < 4.78 is 80.9. The summed E-state index contributed by atoms with van der Waals surface area (Å²) in [6.07, 6.45) is -5.86. The third-order valence-electron chi connectivity index (χ3n) is 5.05. The predicted molar refractivity (Wildman–Crippen MR) is 98.2 cm³/mol. The normalized spacial score (nSPS) is 14.9. The van der Waals surface area contributed by atoms with Crippen LogP contribution < -0.4 is 11.5 Å². The first-order chi connectivity index (χ1) is 14.9. The molecular formula is C19H19F6N5O2. The minimum absolute atomic E-state index is 0.0379. The monoisotopic (exact) mass is 463 g/mol. The van der Waals surface area contributed by atoms with Gasteiger partial charge in [0.1, 0.15) is 5.82 Å². The Hall–Kier alpha value is -3.09. The van der Waals surface area contributed by atoms with Gasteiger partial charge in [-0.15, -0.1) is 0 Å². The molecule has 0 aliphatic carbocycles. The van der Waals surface area contributed by atoms with Crippen molar-refractivity contribution in [3.63, 3.8) is 0 Å². The Bertz CT molecular complexity index is 1050. The highest BCUT2D eigenvalue weighted by Gasteiger charge is 2.40. The largest absolute Gasteiger partial charge is 0.449 e. The molecular weight excluding hydrogens is 444 g/mol. The smallest absolute Gasteiger partial charge is 0.369 e. The van der Waals surface area contributed by atoms with Crippen LogP contribution in [0.15, 0.2) is 12.1 Å². The second-order valence-corrected chi connectivity index (χ2v) is 7.46. The van der Waals surface area contributed by atoms with E-state index in [0.717, 1.165) is 4.57 Å². The lowest BCUT2D eigenvalue weighted by Gasteiger charge is -2.30. The number of hydrogen-bond acceptors (Lipinski definition) is 4. The Kier molecular flexibility index (Phi) is 6.49. The van der Waals surface area contributed by atoms with E-state index < -0.39 is 53.7 Å². The summed E-state index contributed by atoms with van der Waals surface area (Å²) in [5, 5.41) is 0. The highest BCUT2D eigenvalue weighted by Crippen LogP contribution is 2.32. The number of imidazole rings is 1. The molecule has 0 unspecified atom stereocenters. The topological polar surface area (TPSA) is 107 Å². The van der Waals surface area contributed by atoms with Crippen molar-refractivity contribution in [3.8, 4) is 0 Å². The second-order valence-electron chi connectivity index (χ2n) is 7.46. The number of benzene rings is 1. The standard InChI is InChI=1S/C19H19F6N5O2/c20-11-6-13(22)12(21)4-9(11)3-10(26)5-17(32)29-1-2-30-15(8-29)14(7-16(27)31)28-18(30)19(23,24)25/h4,6,10H,1-3,5,7-8,26H2,(H2,27,31)/t10-/m1/s1. The molecule has 0 fully saturated rings. The number of fused-ring (bicyclic) bond motifs is 1. The van der Waals surface area contributed by atoms with Crippen molar-refractivity contribution in [1.29, 1.82) is 0 Å². The number of nitrogens with two attached hydrogens (primary N) is 2. The maximum atomic E-state index is 13.8. The minimum atomic E-state index is -4.76. The summed E-state index contributed by atoms with van der Waals surface area (Å²) in [6.45, 7) is -0.543. The molecule has 0 saturated carbocycles. The van der Waals surface area contributed by atoms with Gasteiger partial charge in [-0.3, -0.25) is 9.59 Å². The van der Waals surface area contributed by atoms with Gasteiger partial charge in [-0.2, -0.15) is 13.2 Å². The molecule has 1 aliphatic rings. The van der Waals surface area contributed by atoms with Crippen LogP contribution in [0.4, 0.5) is 26.3 Å². The average Bonchev–Trinajstić information content (AvgIpc) is 3.03. The number of nitrogens with zero attached hydrogens (tertiary/aromatic N) is 3. The van der Waals surface area contributed by atoms with Gasteiger partial charge in [-0.1, -0.05) is 0 Å². The number of carbonyl (C=O) groups excluding carboxylic acids is 2. The fourth-order valence-corrected chi connectivity index (χ4v) is 3.60. The van der Waals surface area contributed by atoms with Crippen LogP contribution >= 0.6 is 0 Å². The van der Waals surface area contributed by atoms with Crippen molar-refractivity contribution < 1.29 is 35.9 Å². The average molecular weight is 463 g/mol. The van der Waals surface area contributed by atoms with Crippen LogP contribution in [0, 0.1) is 17.5 Å². The molecule has 0 radical (unpaired) electrons. The van der Waals surface area contributed by atoms with Gasteiger partial charge in [0.05, 0.1) is 24.4 Å². The molecule has 174 valence electrons. The molecule has 32 heavy (non-hydrogen) atoms. The van der Waals surface area contributed by atoms with E-state index in [0.29, 0.717) is 12.1 Å². The molecule has 7 nitrogen and oxygen atoms in total. The van der Waals surface area contributed by atoms with Gasteiger partial charge in [0.2, 0.25) is 17.6 Å². The van der Waals surface area contributed by atoms with E-state index in [1.807, 2.05) is 0 Å². The van der Waals surface area contributed by atoms with E-state index in [4.69, 9.17) is 11.5 Å². The van der Waals surface area contributed by atoms with Crippen LogP contribution in [0.3, 0.4) is 0 Å². The minimum Gasteiger partial charge on any atom is -0.369 e. The van der Waals surface area contributed by atoms with Crippen LogP contribution in [0.2, 0.25) is 0 Å². The fraction of sp³-hybridized carbons (Fsp3) is 0.421. The fourth-order valence-electron chi connectivity index (χ4n) is 3.60. The SMILES string of the molecule is NC(=O)Cc1nc(C(F)(F)F)n2c1CN(C(=O)C[C@H](N)Cc1cc(F)c(F)cc1F)CC2. The number of rotatable bonds is 6. The third-order valence-corrected chi connectivity index (χ3v) is 5.05. The van der Waals surface area contributed by atoms with Crippen LogP contribution in [-0.4, -0.2) is 38.9 Å². The van der Waals surface area contributed by atoms with Crippen molar-refractivity contribution in [1.82, 2.24) is 14.5 Å². The molecule has 2 amide bonds. The Morgan fingerprint density at radius 1 is 1.09 bits per heavy atom. The number of amides is 2. The van der Waals surface area contributed by atoms with Gasteiger partial charge in [0.15, 0.2) is 11.6 Å². The van der Waals surface area contributed by atoms with Gasteiger partial charge >= 0.3 is 6.18 Å². The maximum absolute atomic E-state index is 13.8. The lowest BCUT2D eigenvalue weighted by Crippen LogP contribution is -2.42. The van der Waals surface area contributed by atoms with E-state index >= 15 is 0 Å². The summed E-state index contributed by atoms with van der Waals surface area (Å²) >= 11 is 0. The number of alkyl halides is 3. The van der Waals surface area contributed by atoms with Crippen molar-refractivity contribution >= 4 is 11.8 Å². The highest BCUT2D eigenvalue weighted by molar-refractivity contribution is 5.78. The summed E-state index contributed by atoms with van der Waals surface area (Å²) in [7, 11) is 0. The zero-order chi connectivity index (χ0) is 23.8. The van der Waals surface area contributed by atoms with Crippen molar-refractivity contribution in [2.75, 3.05) is 6.54 Å². The van der Waals surface area contributed by atoms with Gasteiger partial charge in [-0.05, 0) is 18.1 Å². The number of hydrogen-bond donors (Lipinski definition) is 2. The Balaban J connectivity index is 1.73. The first-order valence-corrected chi connectivity index (χ1v) is 9.47. The van der Waals surface area contributed by atoms with Gasteiger partial charge in [0, 0.05) is 31.6 Å². The van der Waals surface area contributed by atoms with Crippen LogP contribution in [0.25, 0.3) is 0 Å². The first-order valence-electron chi connectivity index (χ1n) is 9.47. The molecule has 1 atom stereocenters. The van der Waals surface area contributed by atoms with Gasteiger partial charge in [0.25, 0.3) is 0 Å². The molecule has 13 heteroatoms. The first kappa shape index (κ1) is 23.6. The molecule has 2 heterocycles. The van der Waals surface area contributed by atoms with E-state index in [1.165, 1.54) is 4.90 Å². The molecule has 3 rings (SSSR count). The van der Waals surface area contributed by atoms with Crippen molar-refractivity contribution in [2.24, 2.45) is 11.5 Å². The summed E-state index contributed by atoms with van der Waals surface area (Å²) in [5.41, 5.74) is 10.6. The Morgan fingerprint density at radius 3 is 2.38 bits per heavy atom. The highest BCUT2D eigenvalue weighted by atomic mass is 19.4. The molecule has 1 aromatic carbocycles. The molecule has 1 aliphatic heterocycles. The molecule has 0 saturated heterocycles. The Labute approximate surface area is 178 Å². The van der Waals surface area contributed by atoms with Crippen LogP contribution in [0.5, 0.6) is 0 Å². The van der Waals surface area contributed by atoms with Crippen LogP contribution in [0.1, 0.15) is 29.2 Å². The summed E-state index contributed by atoms with van der Waals surface area (Å²) in [6, 6.07) is 0.0803. The summed E-state index contributed by atoms with van der Waals surface area (Å²) in [4.78, 5) is 28.6. The quantitative estimate of drug-likeness (QED) is 0.502. The van der Waals surface area contributed by atoms with Gasteiger partial charge in [-0.25, -0.2) is 18.2 Å². The molecule has 0 spiro atoms. The lowest BCUT2D eigenvalue weighted by molar-refractivity contribution is -0.148. The lowest BCUT2D eigenvalue weighted by atomic mass is 10.0. The van der Waals surface area contributed by atoms with E-state index in [9.17, 15) is 35.9 Å². The number of aromatic nitrogens is 2. The summed E-state index contributed by atoms with van der Waals surface area (Å²) in [5.74, 6) is -6.21. The Morgan fingerprint density at radius 2 is 1.75 bits per heavy atom. The van der Waals surface area contributed by atoms with Crippen molar-refractivity contribution in [2.45, 2.75) is 44.6 Å². The number of halogens is 6. The second kappa shape index (κ2) is 8.81. The van der Waals surface area contributed by atoms with Crippen LogP contribution in [-0.2, 0) is 41.7 Å². The zero-order valence-corrected chi connectivity index (χ0v) is 16.6. The molecule has 2 aromatic rings. The van der Waals surface area contributed by atoms with E-state index in [2.05, 4.69) is 4.98 Å². The van der Waals surface area contributed by atoms with Gasteiger partial charge < -0.3 is 20.9 Å². The molecule has 4 N–H and O–H groups in total.